The Morgan fingerprint density at radius 2 is 1.77 bits per heavy atom. The quantitative estimate of drug-likeness (QED) is 0.698. The summed E-state index contributed by atoms with van der Waals surface area (Å²) < 4.78 is 11.1. The summed E-state index contributed by atoms with van der Waals surface area (Å²) in [5.74, 6) is 0.887. The van der Waals surface area contributed by atoms with Gasteiger partial charge in [0.15, 0.2) is 11.5 Å². The van der Waals surface area contributed by atoms with Crippen LogP contribution in [0, 0.1) is 0 Å². The van der Waals surface area contributed by atoms with Crippen LogP contribution in [0.15, 0.2) is 59.7 Å². The van der Waals surface area contributed by atoms with E-state index in [1.165, 1.54) is 0 Å². The molecule has 1 aliphatic rings. The summed E-state index contributed by atoms with van der Waals surface area (Å²) >= 11 is 0. The third-order valence-corrected chi connectivity index (χ3v) is 3.33. The van der Waals surface area contributed by atoms with Crippen LogP contribution in [0.2, 0.25) is 0 Å². The number of rotatable bonds is 3. The van der Waals surface area contributed by atoms with E-state index < -0.39 is 6.10 Å². The van der Waals surface area contributed by atoms with E-state index >= 15 is 0 Å². The van der Waals surface area contributed by atoms with Gasteiger partial charge in [0.2, 0.25) is 6.10 Å². The van der Waals surface area contributed by atoms with Gasteiger partial charge < -0.3 is 9.47 Å². The minimum atomic E-state index is -0.706. The van der Waals surface area contributed by atoms with Gasteiger partial charge in [-0.3, -0.25) is 4.79 Å². The fraction of sp³-hybridized carbons (Fsp3) is 0.176. The Bertz CT molecular complexity index is 698. The maximum Gasteiger partial charge on any atom is 0.284 e. The van der Waals surface area contributed by atoms with Crippen molar-refractivity contribution in [2.75, 3.05) is 6.61 Å². The van der Waals surface area contributed by atoms with Gasteiger partial charge in [0.25, 0.3) is 5.91 Å². The number of benzene rings is 2. The van der Waals surface area contributed by atoms with E-state index in [0.717, 1.165) is 11.3 Å². The molecule has 1 aliphatic heterocycles. The van der Waals surface area contributed by atoms with Crippen LogP contribution in [0.3, 0.4) is 0 Å². The number of hydrogen-bond donors (Lipinski definition) is 1. The summed E-state index contributed by atoms with van der Waals surface area (Å²) in [7, 11) is 0. The summed E-state index contributed by atoms with van der Waals surface area (Å²) in [6.07, 6.45) is -0.706. The predicted octanol–water partition coefficient (Wildman–Crippen LogP) is 2.37. The van der Waals surface area contributed by atoms with Crippen molar-refractivity contribution in [1.29, 1.82) is 0 Å². The van der Waals surface area contributed by atoms with Crippen LogP contribution in [-0.2, 0) is 4.79 Å². The van der Waals surface area contributed by atoms with Gasteiger partial charge in [-0.15, -0.1) is 0 Å². The van der Waals surface area contributed by atoms with Crippen LogP contribution in [0.1, 0.15) is 12.5 Å². The maximum atomic E-state index is 12.1. The lowest BCUT2D eigenvalue weighted by molar-refractivity contribution is -0.130. The first-order valence-electron chi connectivity index (χ1n) is 7.02. The molecular weight excluding hydrogens is 280 g/mol. The van der Waals surface area contributed by atoms with E-state index in [2.05, 4.69) is 10.5 Å². The second-order valence-corrected chi connectivity index (χ2v) is 4.90. The van der Waals surface area contributed by atoms with Crippen molar-refractivity contribution in [3.05, 3.63) is 60.2 Å². The minimum absolute atomic E-state index is 0.169. The fourth-order valence-electron chi connectivity index (χ4n) is 2.10. The number of para-hydroxylation sites is 2. The van der Waals surface area contributed by atoms with Crippen molar-refractivity contribution in [3.63, 3.8) is 0 Å². The zero-order chi connectivity index (χ0) is 15.4. The Morgan fingerprint density at radius 3 is 2.55 bits per heavy atom. The average molecular weight is 296 g/mol. The second kappa shape index (κ2) is 6.30. The average Bonchev–Trinajstić information content (AvgIpc) is 2.59. The number of carbonyl (C=O) groups excluding carboxylic acids is 1. The molecule has 5 nitrogen and oxygen atoms in total. The molecule has 1 heterocycles. The molecule has 22 heavy (non-hydrogen) atoms. The first-order chi connectivity index (χ1) is 10.7. The van der Waals surface area contributed by atoms with Crippen molar-refractivity contribution < 1.29 is 14.3 Å². The van der Waals surface area contributed by atoms with E-state index in [4.69, 9.17) is 9.47 Å². The Balaban J connectivity index is 1.64. The number of hydrogen-bond acceptors (Lipinski definition) is 4. The third kappa shape index (κ3) is 3.09. The molecule has 0 aromatic heterocycles. The molecule has 0 unspecified atom stereocenters. The highest BCUT2D eigenvalue weighted by molar-refractivity contribution is 5.99. The van der Waals surface area contributed by atoms with Gasteiger partial charge in [-0.2, -0.15) is 5.10 Å². The number of ether oxygens (including phenoxy) is 2. The van der Waals surface area contributed by atoms with Gasteiger partial charge in [-0.1, -0.05) is 42.5 Å². The molecule has 0 aliphatic carbocycles. The predicted molar refractivity (Wildman–Crippen MR) is 83.1 cm³/mol. The lowest BCUT2D eigenvalue weighted by Crippen LogP contribution is -2.42. The number of nitrogens with zero attached hydrogens (tertiary/aromatic N) is 1. The van der Waals surface area contributed by atoms with Gasteiger partial charge in [0, 0.05) is 0 Å². The second-order valence-electron chi connectivity index (χ2n) is 4.90. The lowest BCUT2D eigenvalue weighted by Gasteiger charge is -2.24. The number of carbonyl (C=O) groups is 1. The van der Waals surface area contributed by atoms with E-state index in [-0.39, 0.29) is 12.5 Å². The summed E-state index contributed by atoms with van der Waals surface area (Å²) in [6.45, 7) is 2.01. The van der Waals surface area contributed by atoms with E-state index in [1.807, 2.05) is 49.4 Å². The van der Waals surface area contributed by atoms with Crippen LogP contribution < -0.4 is 14.9 Å². The summed E-state index contributed by atoms with van der Waals surface area (Å²) in [5.41, 5.74) is 4.21. The first kappa shape index (κ1) is 14.1. The van der Waals surface area contributed by atoms with Crippen molar-refractivity contribution >= 4 is 11.6 Å². The van der Waals surface area contributed by atoms with Crippen molar-refractivity contribution in [1.82, 2.24) is 5.43 Å². The normalized spacial score (nSPS) is 17.0. The van der Waals surface area contributed by atoms with E-state index in [9.17, 15) is 4.79 Å². The highest BCUT2D eigenvalue weighted by Gasteiger charge is 2.27. The van der Waals surface area contributed by atoms with Crippen LogP contribution in [-0.4, -0.2) is 24.3 Å². The molecule has 0 saturated carbocycles. The number of hydrazone groups is 1. The molecule has 2 aromatic carbocycles. The van der Waals surface area contributed by atoms with Gasteiger partial charge in [-0.25, -0.2) is 5.43 Å². The summed E-state index contributed by atoms with van der Waals surface area (Å²) in [4.78, 5) is 12.1. The standard InChI is InChI=1S/C17H16N2O3/c1-12(13-7-3-2-4-8-13)18-19-17(20)16-11-21-14-9-5-6-10-15(14)22-16/h2-10,16H,11H2,1H3,(H,19,20)/b18-12-/t16-/m1/s1. The SMILES string of the molecule is C/C(=N/NC(=O)[C@H]1COc2ccccc2O1)c1ccccc1. The highest BCUT2D eigenvalue weighted by atomic mass is 16.6. The molecule has 0 spiro atoms. The van der Waals surface area contributed by atoms with Crippen LogP contribution in [0.4, 0.5) is 0 Å². The van der Waals surface area contributed by atoms with Crippen LogP contribution in [0.25, 0.3) is 0 Å². The smallest absolute Gasteiger partial charge is 0.284 e. The molecule has 112 valence electrons. The molecule has 0 radical (unpaired) electrons. The molecule has 1 N–H and O–H groups in total. The molecule has 2 aromatic rings. The highest BCUT2D eigenvalue weighted by Crippen LogP contribution is 2.30. The van der Waals surface area contributed by atoms with Crippen molar-refractivity contribution in [2.45, 2.75) is 13.0 Å². The Hall–Kier alpha value is -2.82. The Kier molecular flexibility index (Phi) is 4.05. The first-order valence-corrected chi connectivity index (χ1v) is 7.02. The maximum absolute atomic E-state index is 12.1. The summed E-state index contributed by atoms with van der Waals surface area (Å²) in [6, 6.07) is 16.9. The number of fused-ring (bicyclic) bond motifs is 1. The molecule has 1 atom stereocenters. The van der Waals surface area contributed by atoms with Gasteiger partial charge >= 0.3 is 0 Å². The van der Waals surface area contributed by atoms with Gasteiger partial charge in [0.1, 0.15) is 6.61 Å². The molecule has 0 bridgehead atoms. The zero-order valence-corrected chi connectivity index (χ0v) is 12.2. The molecule has 3 rings (SSSR count). The van der Waals surface area contributed by atoms with Gasteiger partial charge in [-0.05, 0) is 24.6 Å². The zero-order valence-electron chi connectivity index (χ0n) is 12.2. The third-order valence-electron chi connectivity index (χ3n) is 3.33. The van der Waals surface area contributed by atoms with E-state index in [1.54, 1.807) is 12.1 Å². The molecular formula is C17H16N2O3. The summed E-state index contributed by atoms with van der Waals surface area (Å²) in [5, 5.41) is 4.11. The molecule has 5 heteroatoms. The molecule has 0 fully saturated rings. The number of nitrogens with one attached hydrogen (secondary N) is 1. The molecule has 0 saturated heterocycles. The van der Waals surface area contributed by atoms with Gasteiger partial charge in [0.05, 0.1) is 5.71 Å². The number of amides is 1. The lowest BCUT2D eigenvalue weighted by atomic mass is 10.1. The van der Waals surface area contributed by atoms with Crippen molar-refractivity contribution in [3.8, 4) is 11.5 Å². The monoisotopic (exact) mass is 296 g/mol. The van der Waals surface area contributed by atoms with Crippen LogP contribution >= 0.6 is 0 Å². The largest absolute Gasteiger partial charge is 0.485 e. The van der Waals surface area contributed by atoms with Crippen LogP contribution in [0.5, 0.6) is 11.5 Å². The van der Waals surface area contributed by atoms with Crippen molar-refractivity contribution in [2.24, 2.45) is 5.10 Å². The molecule has 1 amide bonds. The Morgan fingerprint density at radius 1 is 1.09 bits per heavy atom. The van der Waals surface area contributed by atoms with E-state index in [0.29, 0.717) is 11.5 Å². The minimum Gasteiger partial charge on any atom is -0.485 e. The topological polar surface area (TPSA) is 59.9 Å². The Labute approximate surface area is 128 Å². The fourth-order valence-corrected chi connectivity index (χ4v) is 2.10.